The molecule has 0 amide bonds. The highest BCUT2D eigenvalue weighted by atomic mass is 19.4. The number of carboxylic acids is 2. The van der Waals surface area contributed by atoms with E-state index in [2.05, 4.69) is 47.1 Å². The Morgan fingerprint density at radius 2 is 1.60 bits per heavy atom. The van der Waals surface area contributed by atoms with E-state index in [0.29, 0.717) is 6.61 Å². The molecule has 0 saturated carbocycles. The summed E-state index contributed by atoms with van der Waals surface area (Å²) < 4.78 is 75.8. The van der Waals surface area contributed by atoms with Gasteiger partial charge in [-0.15, -0.1) is 0 Å². The van der Waals surface area contributed by atoms with Crippen LogP contribution >= 0.6 is 0 Å². The average Bonchev–Trinajstić information content (AvgIpc) is 3.28. The number of carboxylic acid groups (broad SMARTS) is 2. The molecular weight excluding hydrogens is 550 g/mol. The van der Waals surface area contributed by atoms with Crippen LogP contribution in [0, 0.1) is 6.92 Å². The maximum Gasteiger partial charge on any atom is 0.490 e. The van der Waals surface area contributed by atoms with Crippen molar-refractivity contribution in [3.63, 3.8) is 0 Å². The lowest BCUT2D eigenvalue weighted by molar-refractivity contribution is -0.193. The van der Waals surface area contributed by atoms with Gasteiger partial charge < -0.3 is 19.7 Å². The van der Waals surface area contributed by atoms with Gasteiger partial charge in [0.15, 0.2) is 0 Å². The third kappa shape index (κ3) is 11.1. The number of aryl methyl sites for hydroxylation is 1. The van der Waals surface area contributed by atoms with Gasteiger partial charge in [-0.05, 0) is 42.5 Å². The number of nitrogens with zero attached hydrogens (tertiary/aromatic N) is 2. The number of rotatable bonds is 5. The fourth-order valence-electron chi connectivity index (χ4n) is 4.10. The van der Waals surface area contributed by atoms with Crippen LogP contribution in [0.2, 0.25) is 0 Å². The standard InChI is InChI=1S/C22H28N2O2.2C2HF3O2/c1-18-5-2-3-7-20(18)15-24-11-8-22(9-12-24)13-21(17-26-22)25-16-19-6-4-10-23-14-19;2*3-2(4,5)1(6)7/h2-7,10,14,21H,8-9,11-13,15-17H2,1H3;2*(H,6,7). The van der Waals surface area contributed by atoms with Crippen LogP contribution in [0.3, 0.4) is 0 Å². The van der Waals surface area contributed by atoms with Crippen molar-refractivity contribution in [2.45, 2.75) is 63.4 Å². The molecule has 1 aromatic carbocycles. The van der Waals surface area contributed by atoms with Gasteiger partial charge in [0.05, 0.1) is 24.9 Å². The van der Waals surface area contributed by atoms with Crippen LogP contribution in [0.1, 0.15) is 36.0 Å². The van der Waals surface area contributed by atoms with Gasteiger partial charge in [-0.25, -0.2) is 9.59 Å². The quantitative estimate of drug-likeness (QED) is 0.476. The van der Waals surface area contributed by atoms with E-state index in [-0.39, 0.29) is 11.7 Å². The van der Waals surface area contributed by atoms with Crippen LogP contribution in [-0.2, 0) is 32.2 Å². The normalized spacial score (nSPS) is 18.7. The van der Waals surface area contributed by atoms with Crippen LogP contribution < -0.4 is 0 Å². The summed E-state index contributed by atoms with van der Waals surface area (Å²) in [6.45, 7) is 6.79. The Hall–Kier alpha value is -3.23. The molecule has 2 aliphatic heterocycles. The van der Waals surface area contributed by atoms with Gasteiger partial charge in [0.1, 0.15) is 0 Å². The molecule has 0 aliphatic carbocycles. The fraction of sp³-hybridized carbons (Fsp3) is 0.500. The maximum absolute atomic E-state index is 10.6. The Morgan fingerprint density at radius 1 is 1.02 bits per heavy atom. The monoisotopic (exact) mass is 580 g/mol. The Bertz CT molecular complexity index is 1070. The molecule has 0 radical (unpaired) electrons. The molecule has 3 heterocycles. The molecule has 222 valence electrons. The zero-order valence-electron chi connectivity index (χ0n) is 21.5. The van der Waals surface area contributed by atoms with Gasteiger partial charge in [-0.1, -0.05) is 30.3 Å². The van der Waals surface area contributed by atoms with E-state index < -0.39 is 24.3 Å². The minimum atomic E-state index is -5.08. The molecule has 1 spiro atoms. The van der Waals surface area contributed by atoms with Crippen molar-refractivity contribution in [1.29, 1.82) is 0 Å². The summed E-state index contributed by atoms with van der Waals surface area (Å²) in [6, 6.07) is 12.7. The number of hydrogen-bond acceptors (Lipinski definition) is 6. The zero-order valence-corrected chi connectivity index (χ0v) is 21.5. The highest BCUT2D eigenvalue weighted by Crippen LogP contribution is 2.37. The Labute approximate surface area is 226 Å². The van der Waals surface area contributed by atoms with E-state index in [1.165, 1.54) is 11.1 Å². The third-order valence-corrected chi connectivity index (χ3v) is 6.29. The first-order valence-corrected chi connectivity index (χ1v) is 12.1. The summed E-state index contributed by atoms with van der Waals surface area (Å²) in [7, 11) is 0. The number of alkyl halides is 6. The zero-order chi connectivity index (χ0) is 30.0. The van der Waals surface area contributed by atoms with Crippen LogP contribution in [0.15, 0.2) is 48.8 Å². The highest BCUT2D eigenvalue weighted by Gasteiger charge is 2.43. The summed E-state index contributed by atoms with van der Waals surface area (Å²) in [5.41, 5.74) is 3.98. The molecule has 1 aromatic heterocycles. The van der Waals surface area contributed by atoms with E-state index >= 15 is 0 Å². The minimum absolute atomic E-state index is 0.0296. The molecule has 2 saturated heterocycles. The lowest BCUT2D eigenvalue weighted by Crippen LogP contribution is -2.44. The second-order valence-corrected chi connectivity index (χ2v) is 9.30. The number of aliphatic carboxylic acids is 2. The number of likely N-dealkylation sites (tertiary alicyclic amines) is 1. The molecule has 0 bridgehead atoms. The second kappa shape index (κ2) is 14.4. The van der Waals surface area contributed by atoms with Crippen molar-refractivity contribution in [2.24, 2.45) is 0 Å². The SMILES string of the molecule is Cc1ccccc1CN1CCC2(CC1)CC(OCc1cccnc1)CO2.O=C(O)C(F)(F)F.O=C(O)C(F)(F)F. The van der Waals surface area contributed by atoms with Gasteiger partial charge in [0, 0.05) is 38.4 Å². The molecule has 2 fully saturated rings. The smallest absolute Gasteiger partial charge is 0.475 e. The molecule has 2 aliphatic rings. The van der Waals surface area contributed by atoms with Crippen LogP contribution in [0.4, 0.5) is 26.3 Å². The van der Waals surface area contributed by atoms with Crippen molar-refractivity contribution in [2.75, 3.05) is 19.7 Å². The number of carbonyl (C=O) groups is 2. The van der Waals surface area contributed by atoms with Crippen molar-refractivity contribution < 1.29 is 55.6 Å². The van der Waals surface area contributed by atoms with Gasteiger partial charge in [0.2, 0.25) is 0 Å². The predicted octanol–water partition coefficient (Wildman–Crippen LogP) is 5.00. The van der Waals surface area contributed by atoms with Gasteiger partial charge >= 0.3 is 24.3 Å². The Morgan fingerprint density at radius 3 is 2.10 bits per heavy atom. The number of halogens is 6. The first-order valence-electron chi connectivity index (χ1n) is 12.1. The molecule has 8 nitrogen and oxygen atoms in total. The Kier molecular flexibility index (Phi) is 11.9. The first kappa shape index (κ1) is 33.0. The molecule has 4 rings (SSSR count). The number of benzene rings is 1. The molecular formula is C26H30F6N2O6. The molecule has 40 heavy (non-hydrogen) atoms. The lowest BCUT2D eigenvalue weighted by Gasteiger charge is -2.38. The minimum Gasteiger partial charge on any atom is -0.475 e. The summed E-state index contributed by atoms with van der Waals surface area (Å²) in [5.74, 6) is -5.51. The molecule has 1 atom stereocenters. The molecule has 1 unspecified atom stereocenters. The largest absolute Gasteiger partial charge is 0.490 e. The third-order valence-electron chi connectivity index (χ3n) is 6.29. The average molecular weight is 581 g/mol. The van der Waals surface area contributed by atoms with E-state index in [4.69, 9.17) is 29.3 Å². The highest BCUT2D eigenvalue weighted by molar-refractivity contribution is 5.73. The maximum atomic E-state index is 10.6. The van der Waals surface area contributed by atoms with Crippen molar-refractivity contribution in [1.82, 2.24) is 9.88 Å². The van der Waals surface area contributed by atoms with Gasteiger partial charge in [-0.3, -0.25) is 9.88 Å². The summed E-state index contributed by atoms with van der Waals surface area (Å²) in [4.78, 5) is 24.5. The number of aromatic nitrogens is 1. The number of pyridine rings is 1. The van der Waals surface area contributed by atoms with Crippen molar-refractivity contribution in [3.8, 4) is 0 Å². The number of hydrogen-bond donors (Lipinski definition) is 2. The van der Waals surface area contributed by atoms with E-state index in [1.807, 2.05) is 12.3 Å². The second-order valence-electron chi connectivity index (χ2n) is 9.30. The molecule has 2 N–H and O–H groups in total. The lowest BCUT2D eigenvalue weighted by atomic mass is 9.87. The predicted molar refractivity (Wildman–Crippen MR) is 129 cm³/mol. The van der Waals surface area contributed by atoms with Crippen molar-refractivity contribution in [3.05, 3.63) is 65.5 Å². The van der Waals surface area contributed by atoms with Crippen LogP contribution in [-0.4, -0.2) is 75.8 Å². The fourth-order valence-corrected chi connectivity index (χ4v) is 4.10. The van der Waals surface area contributed by atoms with Crippen molar-refractivity contribution >= 4 is 11.9 Å². The first-order chi connectivity index (χ1) is 18.6. The summed E-state index contributed by atoms with van der Waals surface area (Å²) in [5, 5.41) is 14.2. The van der Waals surface area contributed by atoms with E-state index in [1.54, 1.807) is 6.20 Å². The Balaban J connectivity index is 0.000000333. The summed E-state index contributed by atoms with van der Waals surface area (Å²) >= 11 is 0. The van der Waals surface area contributed by atoms with Gasteiger partial charge in [-0.2, -0.15) is 26.3 Å². The van der Waals surface area contributed by atoms with Crippen LogP contribution in [0.25, 0.3) is 0 Å². The number of piperidine rings is 1. The topological polar surface area (TPSA) is 109 Å². The van der Waals surface area contributed by atoms with Crippen LogP contribution in [0.5, 0.6) is 0 Å². The number of ether oxygens (including phenoxy) is 2. The molecule has 2 aromatic rings. The molecule has 14 heteroatoms. The van der Waals surface area contributed by atoms with Gasteiger partial charge in [0.25, 0.3) is 0 Å². The van der Waals surface area contributed by atoms with E-state index in [9.17, 15) is 26.3 Å². The summed E-state index contributed by atoms with van der Waals surface area (Å²) in [6.07, 6.45) is -3.07. The van der Waals surface area contributed by atoms with E-state index in [0.717, 1.165) is 51.1 Å².